The predicted octanol–water partition coefficient (Wildman–Crippen LogP) is 3.86. The number of carbonyl (C=O) groups excluding carboxylic acids is 1. The van der Waals surface area contributed by atoms with E-state index in [1.54, 1.807) is 0 Å². The smallest absolute Gasteiger partial charge is 0.225 e. The van der Waals surface area contributed by atoms with E-state index in [4.69, 9.17) is 14.3 Å². The molecule has 3 aliphatic heterocycles. The van der Waals surface area contributed by atoms with E-state index in [2.05, 4.69) is 23.2 Å². The van der Waals surface area contributed by atoms with Gasteiger partial charge in [0, 0.05) is 43.8 Å². The van der Waals surface area contributed by atoms with Crippen LogP contribution in [0.1, 0.15) is 55.2 Å². The van der Waals surface area contributed by atoms with Crippen molar-refractivity contribution in [1.29, 1.82) is 0 Å². The van der Waals surface area contributed by atoms with E-state index in [-0.39, 0.29) is 12.0 Å². The number of hydrogen-bond acceptors (Lipinski definition) is 5. The van der Waals surface area contributed by atoms with E-state index < -0.39 is 5.72 Å². The molecule has 1 atom stereocenters. The van der Waals surface area contributed by atoms with Gasteiger partial charge in [-0.15, -0.1) is 0 Å². The topological polar surface area (TPSA) is 58.3 Å². The number of likely N-dealkylation sites (tertiary alicyclic amines) is 1. The molecule has 0 radical (unpaired) electrons. The van der Waals surface area contributed by atoms with Crippen LogP contribution in [0.5, 0.6) is 5.75 Å². The van der Waals surface area contributed by atoms with Gasteiger partial charge in [0.2, 0.25) is 11.6 Å². The number of benzene rings is 1. The fourth-order valence-electron chi connectivity index (χ4n) is 4.96. The molecule has 2 fully saturated rings. The fourth-order valence-corrected chi connectivity index (χ4v) is 4.96. The Morgan fingerprint density at radius 3 is 2.66 bits per heavy atom. The van der Waals surface area contributed by atoms with Crippen molar-refractivity contribution in [2.75, 3.05) is 13.1 Å². The summed E-state index contributed by atoms with van der Waals surface area (Å²) in [7, 11) is 0. The zero-order valence-electron chi connectivity index (χ0n) is 16.6. The second-order valence-electron chi connectivity index (χ2n) is 8.71. The Morgan fingerprint density at radius 2 is 1.93 bits per heavy atom. The summed E-state index contributed by atoms with van der Waals surface area (Å²) < 4.78 is 12.5. The first-order valence-corrected chi connectivity index (χ1v) is 10.6. The van der Waals surface area contributed by atoms with Crippen LogP contribution < -0.4 is 4.74 Å². The van der Waals surface area contributed by atoms with Crippen LogP contribution in [-0.4, -0.2) is 40.3 Å². The molecule has 0 bridgehead atoms. The molecule has 6 rings (SSSR count). The maximum absolute atomic E-state index is 12.5. The first-order valence-electron chi connectivity index (χ1n) is 10.6. The maximum Gasteiger partial charge on any atom is 0.225 e. The second kappa shape index (κ2) is 6.12. The van der Waals surface area contributed by atoms with Crippen molar-refractivity contribution in [2.45, 2.75) is 50.8 Å². The molecule has 1 saturated carbocycles. The van der Waals surface area contributed by atoms with Crippen LogP contribution in [-0.2, 0) is 4.79 Å². The highest BCUT2D eigenvalue weighted by Crippen LogP contribution is 2.50. The Balaban J connectivity index is 1.34. The zero-order valence-corrected chi connectivity index (χ0v) is 16.6. The van der Waals surface area contributed by atoms with Gasteiger partial charge >= 0.3 is 0 Å². The first-order chi connectivity index (χ1) is 14.1. The molecule has 4 aliphatic rings. The first kappa shape index (κ1) is 17.1. The molecule has 0 N–H and O–H groups in total. The number of furan rings is 1. The molecular formula is C23H25N3O3. The molecule has 1 aromatic carbocycles. The standard InChI is InChI=1S/C23H25N3O3/c1-15-6-9-21(28-15)18-14-19-17-4-2-3-5-20(17)29-23(26(19)24-18)10-12-25(13-11-23)22(27)16-7-8-16/h2-6,9,16,19H,7-8,10-14H2,1H3/t19-/m0/s1. The third kappa shape index (κ3) is 2.69. The lowest BCUT2D eigenvalue weighted by molar-refractivity contribution is -0.160. The van der Waals surface area contributed by atoms with Gasteiger partial charge in [-0.05, 0) is 38.0 Å². The quantitative estimate of drug-likeness (QED) is 0.780. The second-order valence-corrected chi connectivity index (χ2v) is 8.71. The molecule has 1 saturated heterocycles. The number of ether oxygens (including phenoxy) is 1. The lowest BCUT2D eigenvalue weighted by atomic mass is 9.91. The van der Waals surface area contributed by atoms with Crippen molar-refractivity contribution < 1.29 is 13.9 Å². The van der Waals surface area contributed by atoms with Gasteiger partial charge in [0.15, 0.2) is 0 Å². The van der Waals surface area contributed by atoms with Crippen molar-refractivity contribution in [1.82, 2.24) is 9.91 Å². The minimum Gasteiger partial charge on any atom is -0.466 e. The van der Waals surface area contributed by atoms with Gasteiger partial charge < -0.3 is 14.1 Å². The predicted molar refractivity (Wildman–Crippen MR) is 108 cm³/mol. The summed E-state index contributed by atoms with van der Waals surface area (Å²) in [6.07, 6.45) is 4.44. The number of fused-ring (bicyclic) bond motifs is 4. The van der Waals surface area contributed by atoms with Gasteiger partial charge in [-0.3, -0.25) is 4.79 Å². The minimum absolute atomic E-state index is 0.144. The maximum atomic E-state index is 12.5. The molecule has 1 amide bonds. The van der Waals surface area contributed by atoms with Crippen LogP contribution in [0.25, 0.3) is 0 Å². The molecule has 2 aromatic rings. The summed E-state index contributed by atoms with van der Waals surface area (Å²) in [5.41, 5.74) is 1.65. The number of rotatable bonds is 2. The summed E-state index contributed by atoms with van der Waals surface area (Å²) in [5.74, 6) is 3.27. The molecule has 1 spiro atoms. The molecule has 150 valence electrons. The lowest BCUT2D eigenvalue weighted by Crippen LogP contribution is -2.59. The van der Waals surface area contributed by atoms with E-state index in [0.717, 1.165) is 68.2 Å². The van der Waals surface area contributed by atoms with Gasteiger partial charge in [0.25, 0.3) is 0 Å². The lowest BCUT2D eigenvalue weighted by Gasteiger charge is -2.51. The van der Waals surface area contributed by atoms with Crippen LogP contribution in [0, 0.1) is 12.8 Å². The highest BCUT2D eigenvalue weighted by molar-refractivity contribution is 5.99. The normalized spacial score (nSPS) is 24.7. The van der Waals surface area contributed by atoms with Crippen molar-refractivity contribution in [3.05, 3.63) is 53.5 Å². The molecule has 4 heterocycles. The van der Waals surface area contributed by atoms with E-state index >= 15 is 0 Å². The molecular weight excluding hydrogens is 366 g/mol. The molecule has 0 unspecified atom stereocenters. The largest absolute Gasteiger partial charge is 0.466 e. The van der Waals surface area contributed by atoms with Crippen LogP contribution in [0.4, 0.5) is 0 Å². The number of hydrogen-bond donors (Lipinski definition) is 0. The van der Waals surface area contributed by atoms with Crippen LogP contribution in [0.2, 0.25) is 0 Å². The molecule has 1 aliphatic carbocycles. The summed E-state index contributed by atoms with van der Waals surface area (Å²) in [5, 5.41) is 7.18. The third-order valence-electron chi connectivity index (χ3n) is 6.71. The number of aryl methyl sites for hydroxylation is 1. The molecule has 6 heteroatoms. The fraction of sp³-hybridized carbons (Fsp3) is 0.478. The SMILES string of the molecule is Cc1ccc(C2=NN3[C@@H](C2)c2ccccc2OC32CCN(C(=O)C3CC3)CC2)o1. The van der Waals surface area contributed by atoms with E-state index in [9.17, 15) is 4.79 Å². The monoisotopic (exact) mass is 391 g/mol. The van der Waals surface area contributed by atoms with Crippen LogP contribution >= 0.6 is 0 Å². The van der Waals surface area contributed by atoms with Gasteiger partial charge in [-0.25, -0.2) is 5.01 Å². The van der Waals surface area contributed by atoms with Crippen molar-refractivity contribution in [3.63, 3.8) is 0 Å². The number of piperidine rings is 1. The average Bonchev–Trinajstić information content (AvgIpc) is 3.33. The number of amides is 1. The van der Waals surface area contributed by atoms with E-state index in [1.807, 2.05) is 30.0 Å². The van der Waals surface area contributed by atoms with E-state index in [0.29, 0.717) is 5.91 Å². The Kier molecular flexibility index (Phi) is 3.61. The van der Waals surface area contributed by atoms with Crippen molar-refractivity contribution in [2.24, 2.45) is 11.0 Å². The molecule has 29 heavy (non-hydrogen) atoms. The number of nitrogens with zero attached hydrogens (tertiary/aromatic N) is 3. The summed E-state index contributed by atoms with van der Waals surface area (Å²) in [4.78, 5) is 14.6. The van der Waals surface area contributed by atoms with Gasteiger partial charge in [0.05, 0.1) is 6.04 Å². The minimum atomic E-state index is -0.497. The number of para-hydroxylation sites is 1. The Bertz CT molecular complexity index is 998. The average molecular weight is 391 g/mol. The highest BCUT2D eigenvalue weighted by Gasteiger charge is 2.53. The van der Waals surface area contributed by atoms with Crippen molar-refractivity contribution in [3.8, 4) is 5.75 Å². The molecule has 6 nitrogen and oxygen atoms in total. The summed E-state index contributed by atoms with van der Waals surface area (Å²) in [6.45, 7) is 3.41. The van der Waals surface area contributed by atoms with Gasteiger partial charge in [-0.2, -0.15) is 5.10 Å². The Hall–Kier alpha value is -2.76. The van der Waals surface area contributed by atoms with Crippen LogP contribution in [0.3, 0.4) is 0 Å². The summed E-state index contributed by atoms with van der Waals surface area (Å²) in [6, 6.07) is 12.4. The van der Waals surface area contributed by atoms with Crippen LogP contribution in [0.15, 0.2) is 45.9 Å². The van der Waals surface area contributed by atoms with Crippen molar-refractivity contribution >= 4 is 11.6 Å². The Labute approximate surface area is 170 Å². The van der Waals surface area contributed by atoms with Gasteiger partial charge in [-0.1, -0.05) is 18.2 Å². The van der Waals surface area contributed by atoms with Gasteiger partial charge in [0.1, 0.15) is 23.0 Å². The van der Waals surface area contributed by atoms with E-state index in [1.165, 1.54) is 5.56 Å². The summed E-state index contributed by atoms with van der Waals surface area (Å²) >= 11 is 0. The highest BCUT2D eigenvalue weighted by atomic mass is 16.5. The number of hydrazone groups is 1. The number of carbonyl (C=O) groups is 1. The molecule has 1 aromatic heterocycles. The third-order valence-corrected chi connectivity index (χ3v) is 6.71. The zero-order chi connectivity index (χ0) is 19.6. The Morgan fingerprint density at radius 1 is 1.14 bits per heavy atom.